The molecule has 5 heteroatoms. The zero-order chi connectivity index (χ0) is 12.3. The second kappa shape index (κ2) is 5.12. The van der Waals surface area contributed by atoms with Crippen LogP contribution in [0.25, 0.3) is 0 Å². The summed E-state index contributed by atoms with van der Waals surface area (Å²) in [6, 6.07) is 0. The molecule has 0 bridgehead atoms. The van der Waals surface area contributed by atoms with Crippen LogP contribution in [0.3, 0.4) is 0 Å². The van der Waals surface area contributed by atoms with Gasteiger partial charge in [0.25, 0.3) is 0 Å². The van der Waals surface area contributed by atoms with E-state index in [0.717, 1.165) is 13.1 Å². The minimum absolute atomic E-state index is 0.116. The van der Waals surface area contributed by atoms with Crippen molar-refractivity contribution in [1.29, 1.82) is 0 Å². The van der Waals surface area contributed by atoms with Crippen molar-refractivity contribution in [1.82, 2.24) is 15.1 Å². The lowest BCUT2D eigenvalue weighted by molar-refractivity contribution is -0.139. The summed E-state index contributed by atoms with van der Waals surface area (Å²) < 4.78 is 0. The van der Waals surface area contributed by atoms with Crippen LogP contribution in [-0.4, -0.2) is 55.7 Å². The first-order valence-electron chi connectivity index (χ1n) is 5.38. The number of nitrogens with one attached hydrogen (secondary N) is 1. The Balaban J connectivity index is 2.82. The molecule has 0 aromatic heterocycles. The van der Waals surface area contributed by atoms with Gasteiger partial charge in [0.2, 0.25) is 5.91 Å². The molecule has 0 fully saturated rings. The first-order valence-corrected chi connectivity index (χ1v) is 5.38. The SMILES string of the molecule is CNCCN(C)C1=CC(=O)C(C)C(=O)N1C. The Morgan fingerprint density at radius 2 is 2.12 bits per heavy atom. The molecule has 90 valence electrons. The molecule has 0 radical (unpaired) electrons. The zero-order valence-corrected chi connectivity index (χ0v) is 10.3. The van der Waals surface area contributed by atoms with E-state index in [0.29, 0.717) is 5.82 Å². The van der Waals surface area contributed by atoms with Crippen LogP contribution in [0.2, 0.25) is 0 Å². The van der Waals surface area contributed by atoms with Crippen molar-refractivity contribution in [3.8, 4) is 0 Å². The van der Waals surface area contributed by atoms with Crippen LogP contribution in [0.4, 0.5) is 0 Å². The summed E-state index contributed by atoms with van der Waals surface area (Å²) in [5.74, 6) is -0.136. The second-order valence-corrected chi connectivity index (χ2v) is 4.05. The Bertz CT molecular complexity index is 325. The molecule has 5 nitrogen and oxygen atoms in total. The van der Waals surface area contributed by atoms with Crippen molar-refractivity contribution < 1.29 is 9.59 Å². The largest absolute Gasteiger partial charge is 0.360 e. The number of carbonyl (C=O) groups is 2. The molecule has 0 aromatic rings. The van der Waals surface area contributed by atoms with Crippen LogP contribution >= 0.6 is 0 Å². The second-order valence-electron chi connectivity index (χ2n) is 4.05. The molecule has 0 spiro atoms. The number of amides is 1. The first-order chi connectivity index (χ1) is 7.49. The van der Waals surface area contributed by atoms with Gasteiger partial charge in [-0.25, -0.2) is 0 Å². The third-order valence-electron chi connectivity index (χ3n) is 2.83. The molecule has 0 aliphatic carbocycles. The monoisotopic (exact) mass is 225 g/mol. The molecule has 0 saturated carbocycles. The molecule has 1 amide bonds. The molecule has 1 N–H and O–H groups in total. The predicted molar refractivity (Wildman–Crippen MR) is 61.6 cm³/mol. The number of nitrogens with zero attached hydrogens (tertiary/aromatic N) is 2. The fraction of sp³-hybridized carbons (Fsp3) is 0.636. The Hall–Kier alpha value is -1.36. The highest BCUT2D eigenvalue weighted by Gasteiger charge is 2.31. The minimum atomic E-state index is -0.550. The van der Waals surface area contributed by atoms with Crippen molar-refractivity contribution in [3.63, 3.8) is 0 Å². The maximum Gasteiger partial charge on any atom is 0.238 e. The van der Waals surface area contributed by atoms with Gasteiger partial charge in [-0.1, -0.05) is 0 Å². The lowest BCUT2D eigenvalue weighted by Crippen LogP contribution is -2.45. The Morgan fingerprint density at radius 3 is 2.69 bits per heavy atom. The number of carbonyl (C=O) groups excluding carboxylic acids is 2. The smallest absolute Gasteiger partial charge is 0.238 e. The van der Waals surface area contributed by atoms with E-state index in [9.17, 15) is 9.59 Å². The molecule has 1 rings (SSSR count). The number of hydrogen-bond acceptors (Lipinski definition) is 4. The van der Waals surface area contributed by atoms with E-state index in [4.69, 9.17) is 0 Å². The highest BCUT2D eigenvalue weighted by molar-refractivity contribution is 6.09. The predicted octanol–water partition coefficient (Wildman–Crippen LogP) is -0.344. The van der Waals surface area contributed by atoms with Gasteiger partial charge in [0.05, 0.1) is 5.92 Å². The van der Waals surface area contributed by atoms with Crippen molar-refractivity contribution in [2.75, 3.05) is 34.2 Å². The maximum atomic E-state index is 11.7. The van der Waals surface area contributed by atoms with E-state index in [1.807, 2.05) is 19.0 Å². The molecule has 0 saturated heterocycles. The standard InChI is InChI=1S/C11H19N3O2/c1-8-9(15)7-10(14(4)11(8)16)13(3)6-5-12-2/h7-8,12H,5-6H2,1-4H3. The van der Waals surface area contributed by atoms with Crippen molar-refractivity contribution >= 4 is 11.7 Å². The van der Waals surface area contributed by atoms with E-state index in [1.165, 1.54) is 0 Å². The third-order valence-corrected chi connectivity index (χ3v) is 2.83. The Kier molecular flexibility index (Phi) is 4.06. The molecule has 0 aromatic carbocycles. The maximum absolute atomic E-state index is 11.7. The van der Waals surface area contributed by atoms with E-state index in [2.05, 4.69) is 5.32 Å². The number of ketones is 1. The van der Waals surface area contributed by atoms with E-state index in [-0.39, 0.29) is 11.7 Å². The summed E-state index contributed by atoms with van der Waals surface area (Å²) >= 11 is 0. The number of rotatable bonds is 4. The van der Waals surface area contributed by atoms with E-state index in [1.54, 1.807) is 24.9 Å². The fourth-order valence-electron chi connectivity index (χ4n) is 1.63. The van der Waals surface area contributed by atoms with Crippen LogP contribution in [0.15, 0.2) is 11.9 Å². The highest BCUT2D eigenvalue weighted by atomic mass is 16.2. The average Bonchev–Trinajstić information content (AvgIpc) is 2.28. The molecule has 16 heavy (non-hydrogen) atoms. The van der Waals surface area contributed by atoms with Crippen LogP contribution in [-0.2, 0) is 9.59 Å². The van der Waals surface area contributed by atoms with Crippen LogP contribution in [0, 0.1) is 5.92 Å². The van der Waals surface area contributed by atoms with E-state index >= 15 is 0 Å². The molecular weight excluding hydrogens is 206 g/mol. The minimum Gasteiger partial charge on any atom is -0.360 e. The van der Waals surface area contributed by atoms with Gasteiger partial charge >= 0.3 is 0 Å². The lowest BCUT2D eigenvalue weighted by atomic mass is 10.0. The molecule has 1 unspecified atom stereocenters. The van der Waals surface area contributed by atoms with Gasteiger partial charge in [-0.15, -0.1) is 0 Å². The Labute approximate surface area is 96.1 Å². The first kappa shape index (κ1) is 12.7. The summed E-state index contributed by atoms with van der Waals surface area (Å²) in [6.45, 7) is 3.20. The average molecular weight is 225 g/mol. The molecular formula is C11H19N3O2. The summed E-state index contributed by atoms with van der Waals surface area (Å²) in [6.07, 6.45) is 1.54. The molecule has 1 aliphatic rings. The summed E-state index contributed by atoms with van der Waals surface area (Å²) in [5.41, 5.74) is 0. The molecule has 1 atom stereocenters. The quantitative estimate of drug-likeness (QED) is 0.665. The Morgan fingerprint density at radius 1 is 1.50 bits per heavy atom. The van der Waals surface area contributed by atoms with Gasteiger partial charge < -0.3 is 15.1 Å². The van der Waals surface area contributed by atoms with Gasteiger partial charge in [-0.2, -0.15) is 0 Å². The normalized spacial score (nSPS) is 21.1. The summed E-state index contributed by atoms with van der Waals surface area (Å²) in [4.78, 5) is 26.8. The lowest BCUT2D eigenvalue weighted by Gasteiger charge is -2.33. The third kappa shape index (κ3) is 2.41. The zero-order valence-electron chi connectivity index (χ0n) is 10.3. The van der Waals surface area contributed by atoms with Gasteiger partial charge in [-0.3, -0.25) is 9.59 Å². The van der Waals surface area contributed by atoms with Crippen LogP contribution in [0.1, 0.15) is 6.92 Å². The molecule has 1 aliphatic heterocycles. The van der Waals surface area contributed by atoms with Crippen LogP contribution in [0.5, 0.6) is 0 Å². The highest BCUT2D eigenvalue weighted by Crippen LogP contribution is 2.18. The molecule has 1 heterocycles. The van der Waals surface area contributed by atoms with Gasteiger partial charge in [0.1, 0.15) is 5.82 Å². The summed E-state index contributed by atoms with van der Waals surface area (Å²) in [7, 11) is 5.44. The van der Waals surface area contributed by atoms with Gasteiger partial charge in [-0.05, 0) is 14.0 Å². The number of likely N-dealkylation sites (N-methyl/N-ethyl adjacent to an activating group) is 2. The topological polar surface area (TPSA) is 52.7 Å². The van der Waals surface area contributed by atoms with Crippen molar-refractivity contribution in [2.45, 2.75) is 6.92 Å². The van der Waals surface area contributed by atoms with E-state index < -0.39 is 5.92 Å². The van der Waals surface area contributed by atoms with Crippen molar-refractivity contribution in [2.24, 2.45) is 5.92 Å². The van der Waals surface area contributed by atoms with Gasteiger partial charge in [0.15, 0.2) is 5.78 Å². The fourth-order valence-corrected chi connectivity index (χ4v) is 1.63. The van der Waals surface area contributed by atoms with Crippen molar-refractivity contribution in [3.05, 3.63) is 11.9 Å². The van der Waals surface area contributed by atoms with Crippen LogP contribution < -0.4 is 5.32 Å². The number of hydrogen-bond donors (Lipinski definition) is 1. The summed E-state index contributed by atoms with van der Waals surface area (Å²) in [5, 5.41) is 3.03. The number of allylic oxidation sites excluding steroid dienone is 1. The van der Waals surface area contributed by atoms with Gasteiger partial charge in [0, 0.05) is 33.3 Å².